The number of carbonyl (C=O) groups is 1. The van der Waals surface area contributed by atoms with E-state index < -0.39 is 24.3 Å². The molecular formula is C14H12F2N2O2. The Morgan fingerprint density at radius 3 is 2.75 bits per heavy atom. The number of aliphatic hydroxyl groups excluding tert-OH is 1. The number of nitrogens with one attached hydrogen (secondary N) is 1. The zero-order valence-electron chi connectivity index (χ0n) is 10.4. The molecule has 104 valence electrons. The van der Waals surface area contributed by atoms with Gasteiger partial charge in [-0.05, 0) is 23.8 Å². The van der Waals surface area contributed by atoms with Gasteiger partial charge in [0.25, 0.3) is 5.91 Å². The SMILES string of the molecule is O=C(NCc1ccc(F)c(CO)c1)c1ccnc(F)c1. The van der Waals surface area contributed by atoms with Gasteiger partial charge < -0.3 is 10.4 Å². The lowest BCUT2D eigenvalue weighted by Gasteiger charge is -2.07. The summed E-state index contributed by atoms with van der Waals surface area (Å²) in [5.74, 6) is -1.69. The van der Waals surface area contributed by atoms with Crippen LogP contribution in [0.1, 0.15) is 21.5 Å². The van der Waals surface area contributed by atoms with Gasteiger partial charge in [-0.2, -0.15) is 4.39 Å². The van der Waals surface area contributed by atoms with E-state index in [0.29, 0.717) is 5.56 Å². The van der Waals surface area contributed by atoms with E-state index in [1.54, 1.807) is 0 Å². The van der Waals surface area contributed by atoms with Crippen molar-refractivity contribution >= 4 is 5.91 Å². The number of aromatic nitrogens is 1. The third-order valence-electron chi connectivity index (χ3n) is 2.72. The van der Waals surface area contributed by atoms with Gasteiger partial charge in [0.05, 0.1) is 6.61 Å². The van der Waals surface area contributed by atoms with Crippen LogP contribution in [0.2, 0.25) is 0 Å². The Kier molecular flexibility index (Phi) is 4.37. The second-order valence-electron chi connectivity index (χ2n) is 4.13. The van der Waals surface area contributed by atoms with Crippen molar-refractivity contribution < 1.29 is 18.7 Å². The fourth-order valence-electron chi connectivity index (χ4n) is 1.69. The summed E-state index contributed by atoms with van der Waals surface area (Å²) < 4.78 is 26.1. The fourth-order valence-corrected chi connectivity index (χ4v) is 1.69. The highest BCUT2D eigenvalue weighted by molar-refractivity contribution is 5.93. The third kappa shape index (κ3) is 3.36. The van der Waals surface area contributed by atoms with Gasteiger partial charge in [0.1, 0.15) is 5.82 Å². The van der Waals surface area contributed by atoms with E-state index in [1.165, 1.54) is 30.5 Å². The van der Waals surface area contributed by atoms with Crippen molar-refractivity contribution in [1.82, 2.24) is 10.3 Å². The Bertz CT molecular complexity index is 632. The minimum absolute atomic E-state index is 0.149. The number of hydrogen-bond donors (Lipinski definition) is 2. The first kappa shape index (κ1) is 14.1. The highest BCUT2D eigenvalue weighted by Gasteiger charge is 2.08. The molecule has 2 aromatic rings. The Morgan fingerprint density at radius 1 is 1.25 bits per heavy atom. The summed E-state index contributed by atoms with van der Waals surface area (Å²) in [4.78, 5) is 15.1. The van der Waals surface area contributed by atoms with Crippen molar-refractivity contribution in [2.45, 2.75) is 13.2 Å². The van der Waals surface area contributed by atoms with Gasteiger partial charge in [0.2, 0.25) is 5.95 Å². The van der Waals surface area contributed by atoms with Crippen molar-refractivity contribution in [3.8, 4) is 0 Å². The maximum absolute atomic E-state index is 13.2. The first-order valence-corrected chi connectivity index (χ1v) is 5.88. The second-order valence-corrected chi connectivity index (χ2v) is 4.13. The monoisotopic (exact) mass is 278 g/mol. The first-order chi connectivity index (χ1) is 9.60. The number of halogens is 2. The zero-order valence-corrected chi connectivity index (χ0v) is 10.4. The average Bonchev–Trinajstić information content (AvgIpc) is 2.46. The summed E-state index contributed by atoms with van der Waals surface area (Å²) in [7, 11) is 0. The molecule has 1 amide bonds. The van der Waals surface area contributed by atoms with Crippen LogP contribution in [0.25, 0.3) is 0 Å². The van der Waals surface area contributed by atoms with Gasteiger partial charge in [0, 0.05) is 29.9 Å². The van der Waals surface area contributed by atoms with Crippen LogP contribution in [0.3, 0.4) is 0 Å². The van der Waals surface area contributed by atoms with Crippen molar-refractivity contribution in [1.29, 1.82) is 0 Å². The molecule has 6 heteroatoms. The van der Waals surface area contributed by atoms with Crippen LogP contribution in [0.4, 0.5) is 8.78 Å². The molecule has 0 atom stereocenters. The van der Waals surface area contributed by atoms with Gasteiger partial charge in [0.15, 0.2) is 0 Å². The quantitative estimate of drug-likeness (QED) is 0.838. The number of pyridine rings is 1. The zero-order chi connectivity index (χ0) is 14.5. The minimum Gasteiger partial charge on any atom is -0.392 e. The summed E-state index contributed by atoms with van der Waals surface area (Å²) in [5.41, 5.74) is 0.951. The van der Waals surface area contributed by atoms with Crippen molar-refractivity contribution in [3.05, 3.63) is 65.0 Å². The molecule has 0 radical (unpaired) electrons. The normalized spacial score (nSPS) is 10.3. The van der Waals surface area contributed by atoms with Crippen molar-refractivity contribution in [2.24, 2.45) is 0 Å². The van der Waals surface area contributed by atoms with Crippen LogP contribution in [0.5, 0.6) is 0 Å². The summed E-state index contributed by atoms with van der Waals surface area (Å²) in [5, 5.41) is 11.5. The molecule has 20 heavy (non-hydrogen) atoms. The molecule has 0 aliphatic rings. The molecule has 0 aliphatic carbocycles. The van der Waals surface area contributed by atoms with Crippen LogP contribution in [-0.2, 0) is 13.2 Å². The topological polar surface area (TPSA) is 62.2 Å². The Labute approximate surface area is 114 Å². The lowest BCUT2D eigenvalue weighted by molar-refractivity contribution is 0.0950. The van der Waals surface area contributed by atoms with Gasteiger partial charge in [-0.3, -0.25) is 4.79 Å². The van der Waals surface area contributed by atoms with Crippen LogP contribution in [-0.4, -0.2) is 16.0 Å². The number of amides is 1. The summed E-state index contributed by atoms with van der Waals surface area (Å²) in [6, 6.07) is 6.60. The van der Waals surface area contributed by atoms with E-state index in [1.807, 2.05) is 0 Å². The molecular weight excluding hydrogens is 266 g/mol. The summed E-state index contributed by atoms with van der Waals surface area (Å²) in [6.45, 7) is -0.265. The van der Waals surface area contributed by atoms with Crippen LogP contribution in [0, 0.1) is 11.8 Å². The molecule has 0 saturated carbocycles. The lowest BCUT2D eigenvalue weighted by Crippen LogP contribution is -2.23. The summed E-state index contributed by atoms with van der Waals surface area (Å²) in [6.07, 6.45) is 1.20. The van der Waals surface area contributed by atoms with E-state index in [0.717, 1.165) is 6.07 Å². The summed E-state index contributed by atoms with van der Waals surface area (Å²) >= 11 is 0. The van der Waals surface area contributed by atoms with E-state index in [-0.39, 0.29) is 17.7 Å². The molecule has 0 fully saturated rings. The molecule has 0 aliphatic heterocycles. The number of rotatable bonds is 4. The number of benzene rings is 1. The molecule has 4 nitrogen and oxygen atoms in total. The maximum Gasteiger partial charge on any atom is 0.251 e. The standard InChI is InChI=1S/C14H12F2N2O2/c15-12-2-1-9(5-11(12)8-19)7-18-14(20)10-3-4-17-13(16)6-10/h1-6,19H,7-8H2,(H,18,20). The molecule has 0 spiro atoms. The molecule has 1 heterocycles. The molecule has 0 saturated heterocycles. The molecule has 1 aromatic heterocycles. The van der Waals surface area contributed by atoms with Gasteiger partial charge in [-0.25, -0.2) is 9.37 Å². The number of aliphatic hydroxyl groups is 1. The van der Waals surface area contributed by atoms with Gasteiger partial charge in [-0.15, -0.1) is 0 Å². The predicted octanol–water partition coefficient (Wildman–Crippen LogP) is 1.78. The maximum atomic E-state index is 13.2. The smallest absolute Gasteiger partial charge is 0.251 e. The van der Waals surface area contributed by atoms with Crippen molar-refractivity contribution in [2.75, 3.05) is 0 Å². The van der Waals surface area contributed by atoms with Gasteiger partial charge in [-0.1, -0.05) is 6.07 Å². The number of nitrogens with zero attached hydrogens (tertiary/aromatic N) is 1. The average molecular weight is 278 g/mol. The first-order valence-electron chi connectivity index (χ1n) is 5.88. The molecule has 1 aromatic carbocycles. The third-order valence-corrected chi connectivity index (χ3v) is 2.72. The largest absolute Gasteiger partial charge is 0.392 e. The fraction of sp³-hybridized carbons (Fsp3) is 0.143. The van der Waals surface area contributed by atoms with E-state index in [4.69, 9.17) is 5.11 Å². The lowest BCUT2D eigenvalue weighted by atomic mass is 10.1. The van der Waals surface area contributed by atoms with Crippen LogP contribution < -0.4 is 5.32 Å². The van der Waals surface area contributed by atoms with E-state index in [2.05, 4.69) is 10.3 Å². The Hall–Kier alpha value is -2.34. The highest BCUT2D eigenvalue weighted by Crippen LogP contribution is 2.11. The number of hydrogen-bond acceptors (Lipinski definition) is 3. The molecule has 2 rings (SSSR count). The highest BCUT2D eigenvalue weighted by atomic mass is 19.1. The molecule has 0 bridgehead atoms. The number of carbonyl (C=O) groups excluding carboxylic acids is 1. The predicted molar refractivity (Wildman–Crippen MR) is 67.7 cm³/mol. The van der Waals surface area contributed by atoms with Gasteiger partial charge >= 0.3 is 0 Å². The van der Waals surface area contributed by atoms with Crippen molar-refractivity contribution in [3.63, 3.8) is 0 Å². The Balaban J connectivity index is 2.03. The minimum atomic E-state index is -0.734. The Morgan fingerprint density at radius 2 is 2.05 bits per heavy atom. The van der Waals surface area contributed by atoms with Crippen LogP contribution in [0.15, 0.2) is 36.5 Å². The molecule has 2 N–H and O–H groups in total. The van der Waals surface area contributed by atoms with Crippen LogP contribution >= 0.6 is 0 Å². The van der Waals surface area contributed by atoms with E-state index >= 15 is 0 Å². The second kappa shape index (κ2) is 6.21. The molecule has 0 unspecified atom stereocenters. The van der Waals surface area contributed by atoms with E-state index in [9.17, 15) is 13.6 Å².